The molecule has 0 bridgehead atoms. The summed E-state index contributed by atoms with van der Waals surface area (Å²) in [5.41, 5.74) is 2.38. The van der Waals surface area contributed by atoms with Crippen LogP contribution in [0.25, 0.3) is 21.9 Å². The van der Waals surface area contributed by atoms with Gasteiger partial charge in [0.05, 0.1) is 45.4 Å². The molecule has 0 aliphatic carbocycles. The minimum atomic E-state index is -0.743. The Morgan fingerprint density at radius 3 is 2.17 bits per heavy atom. The van der Waals surface area contributed by atoms with E-state index in [4.69, 9.17) is 23.4 Å². The molecule has 1 amide bonds. The van der Waals surface area contributed by atoms with Crippen LogP contribution < -0.4 is 24.8 Å². The van der Waals surface area contributed by atoms with Gasteiger partial charge in [-0.1, -0.05) is 18.2 Å². The van der Waals surface area contributed by atoms with E-state index < -0.39 is 12.0 Å². The van der Waals surface area contributed by atoms with Crippen LogP contribution in [0.15, 0.2) is 52.9 Å². The molecule has 4 rings (SSSR count). The van der Waals surface area contributed by atoms with Crippen molar-refractivity contribution in [1.82, 2.24) is 0 Å². The fraction of sp³-hybridized carbons (Fsp3) is 0.231. The minimum Gasteiger partial charge on any atom is -0.495 e. The van der Waals surface area contributed by atoms with Gasteiger partial charge < -0.3 is 34.0 Å². The second-order valence-corrected chi connectivity index (χ2v) is 7.75. The normalized spacial score (nSPS) is 11.7. The molecule has 0 aliphatic rings. The van der Waals surface area contributed by atoms with Crippen molar-refractivity contribution in [3.05, 3.63) is 54.1 Å². The van der Waals surface area contributed by atoms with Crippen LogP contribution in [0.1, 0.15) is 17.3 Å². The van der Waals surface area contributed by atoms with E-state index in [1.54, 1.807) is 19.1 Å². The van der Waals surface area contributed by atoms with Crippen LogP contribution in [0.4, 0.5) is 11.4 Å². The van der Waals surface area contributed by atoms with Crippen LogP contribution in [-0.4, -0.2) is 46.4 Å². The molecular formula is C26H26N2O7. The van der Waals surface area contributed by atoms with E-state index in [1.165, 1.54) is 34.5 Å². The number of para-hydroxylation sites is 1. The number of furan rings is 1. The first-order chi connectivity index (χ1) is 16.9. The summed E-state index contributed by atoms with van der Waals surface area (Å²) >= 11 is 0. The molecular weight excluding hydrogens is 452 g/mol. The van der Waals surface area contributed by atoms with E-state index in [1.807, 2.05) is 30.3 Å². The molecule has 0 spiro atoms. The number of hydrogen-bond donors (Lipinski definition) is 2. The first kappa shape index (κ1) is 23.7. The van der Waals surface area contributed by atoms with Gasteiger partial charge in [0.25, 0.3) is 0 Å². The Kier molecular flexibility index (Phi) is 6.68. The molecule has 2 N–H and O–H groups in total. The summed E-state index contributed by atoms with van der Waals surface area (Å²) in [6.45, 7) is 1.67. The summed E-state index contributed by atoms with van der Waals surface area (Å²) in [6.07, 6.45) is 0. The number of ether oxygens (including phenoxy) is 4. The summed E-state index contributed by atoms with van der Waals surface area (Å²) in [4.78, 5) is 25.4. The van der Waals surface area contributed by atoms with Crippen molar-refractivity contribution in [3.63, 3.8) is 0 Å². The third-order valence-corrected chi connectivity index (χ3v) is 5.65. The molecule has 4 aromatic rings. The number of benzene rings is 3. The lowest BCUT2D eigenvalue weighted by Crippen LogP contribution is -2.32. The predicted octanol–water partition coefficient (Wildman–Crippen LogP) is 4.84. The summed E-state index contributed by atoms with van der Waals surface area (Å²) in [5.74, 6) is 0.306. The molecule has 0 aliphatic heterocycles. The van der Waals surface area contributed by atoms with Gasteiger partial charge in [-0.2, -0.15) is 0 Å². The van der Waals surface area contributed by atoms with Gasteiger partial charge in [-0.3, -0.25) is 4.79 Å². The van der Waals surface area contributed by atoms with Crippen molar-refractivity contribution in [2.75, 3.05) is 39.1 Å². The maximum absolute atomic E-state index is 13.1. The molecule has 1 aromatic heterocycles. The fourth-order valence-electron chi connectivity index (χ4n) is 3.84. The zero-order valence-electron chi connectivity index (χ0n) is 20.1. The highest BCUT2D eigenvalue weighted by atomic mass is 16.5. The van der Waals surface area contributed by atoms with E-state index in [9.17, 15) is 9.59 Å². The number of carbonyl (C=O) groups is 2. The van der Waals surface area contributed by atoms with Crippen molar-refractivity contribution < 1.29 is 33.0 Å². The molecule has 9 heteroatoms. The number of rotatable bonds is 8. The number of nitrogens with one attached hydrogen (secondary N) is 2. The molecule has 0 fully saturated rings. The zero-order chi connectivity index (χ0) is 25.1. The Hall–Kier alpha value is -4.40. The highest BCUT2D eigenvalue weighted by Gasteiger charge is 2.22. The van der Waals surface area contributed by atoms with Gasteiger partial charge in [-0.25, -0.2) is 4.79 Å². The summed E-state index contributed by atoms with van der Waals surface area (Å²) in [7, 11) is 5.76. The van der Waals surface area contributed by atoms with Crippen LogP contribution in [0.3, 0.4) is 0 Å². The molecule has 9 nitrogen and oxygen atoms in total. The second kappa shape index (κ2) is 9.84. The van der Waals surface area contributed by atoms with Gasteiger partial charge >= 0.3 is 5.97 Å². The van der Waals surface area contributed by atoms with Crippen molar-refractivity contribution in [2.45, 2.75) is 13.0 Å². The number of amides is 1. The van der Waals surface area contributed by atoms with Gasteiger partial charge in [0.15, 0.2) is 11.5 Å². The lowest BCUT2D eigenvalue weighted by atomic mass is 10.1. The van der Waals surface area contributed by atoms with Gasteiger partial charge in [0.1, 0.15) is 23.0 Å². The SMILES string of the molecule is COC(=O)c1cc(OC)c(OC)cc1NC(C)C(=O)Nc1cc2oc3ccccc3c2cc1OC. The molecule has 3 aromatic carbocycles. The summed E-state index contributed by atoms with van der Waals surface area (Å²) < 4.78 is 26.9. The molecule has 0 saturated carbocycles. The van der Waals surface area contributed by atoms with Gasteiger partial charge in [-0.15, -0.1) is 0 Å². The number of esters is 1. The van der Waals surface area contributed by atoms with Crippen LogP contribution in [0.2, 0.25) is 0 Å². The first-order valence-corrected chi connectivity index (χ1v) is 10.8. The maximum Gasteiger partial charge on any atom is 0.340 e. The van der Waals surface area contributed by atoms with Gasteiger partial charge in [0.2, 0.25) is 5.91 Å². The molecule has 1 atom stereocenters. The zero-order valence-corrected chi connectivity index (χ0v) is 20.1. The first-order valence-electron chi connectivity index (χ1n) is 10.8. The molecule has 1 unspecified atom stereocenters. The fourth-order valence-corrected chi connectivity index (χ4v) is 3.84. The lowest BCUT2D eigenvalue weighted by molar-refractivity contribution is -0.116. The van der Waals surface area contributed by atoms with Crippen LogP contribution in [0, 0.1) is 0 Å². The Balaban J connectivity index is 1.62. The summed E-state index contributed by atoms with van der Waals surface area (Å²) in [6, 6.07) is 13.6. The Labute approximate surface area is 201 Å². The van der Waals surface area contributed by atoms with E-state index in [0.29, 0.717) is 34.2 Å². The van der Waals surface area contributed by atoms with E-state index in [0.717, 1.165) is 16.4 Å². The number of hydrogen-bond acceptors (Lipinski definition) is 8. The quantitative estimate of drug-likeness (QED) is 0.347. The van der Waals surface area contributed by atoms with Crippen molar-refractivity contribution in [2.24, 2.45) is 0 Å². The number of anilines is 2. The standard InChI is InChI=1S/C26H26N2O7/c1-14(27-18-12-24(33-4)23(32-3)11-17(18)26(30)34-5)25(29)28-19-13-21-16(10-22(19)31-2)15-8-6-7-9-20(15)35-21/h6-14,27H,1-5H3,(H,28,29). The van der Waals surface area contributed by atoms with E-state index >= 15 is 0 Å². The third kappa shape index (κ3) is 4.52. The third-order valence-electron chi connectivity index (χ3n) is 5.65. The average Bonchev–Trinajstić information content (AvgIpc) is 3.24. The second-order valence-electron chi connectivity index (χ2n) is 7.75. The summed E-state index contributed by atoms with van der Waals surface area (Å²) in [5, 5.41) is 7.77. The lowest BCUT2D eigenvalue weighted by Gasteiger charge is -2.20. The minimum absolute atomic E-state index is 0.200. The Morgan fingerprint density at radius 1 is 0.800 bits per heavy atom. The van der Waals surface area contributed by atoms with Crippen LogP contribution in [0.5, 0.6) is 17.2 Å². The highest BCUT2D eigenvalue weighted by molar-refractivity contribution is 6.08. The largest absolute Gasteiger partial charge is 0.495 e. The van der Waals surface area contributed by atoms with Crippen molar-refractivity contribution in [3.8, 4) is 17.2 Å². The average molecular weight is 479 g/mol. The predicted molar refractivity (Wildman–Crippen MR) is 133 cm³/mol. The highest BCUT2D eigenvalue weighted by Crippen LogP contribution is 2.37. The van der Waals surface area contributed by atoms with Crippen LogP contribution >= 0.6 is 0 Å². The van der Waals surface area contributed by atoms with Gasteiger partial charge in [0, 0.05) is 29.0 Å². The number of fused-ring (bicyclic) bond motifs is 3. The Bertz CT molecular complexity index is 1410. The van der Waals surface area contributed by atoms with Gasteiger partial charge in [-0.05, 0) is 19.1 Å². The smallest absolute Gasteiger partial charge is 0.340 e. The van der Waals surface area contributed by atoms with Crippen molar-refractivity contribution >= 4 is 45.2 Å². The monoisotopic (exact) mass is 478 g/mol. The number of methoxy groups -OCH3 is 4. The molecule has 35 heavy (non-hydrogen) atoms. The van der Waals surface area contributed by atoms with E-state index in [2.05, 4.69) is 10.6 Å². The van der Waals surface area contributed by atoms with Crippen LogP contribution in [-0.2, 0) is 9.53 Å². The Morgan fingerprint density at radius 2 is 1.49 bits per heavy atom. The molecule has 0 saturated heterocycles. The molecule has 0 radical (unpaired) electrons. The maximum atomic E-state index is 13.1. The number of carbonyl (C=O) groups excluding carboxylic acids is 2. The van der Waals surface area contributed by atoms with Crippen molar-refractivity contribution in [1.29, 1.82) is 0 Å². The molecule has 182 valence electrons. The van der Waals surface area contributed by atoms with E-state index in [-0.39, 0.29) is 11.5 Å². The topological polar surface area (TPSA) is 108 Å². The molecule has 1 heterocycles.